The van der Waals surface area contributed by atoms with E-state index >= 15 is 0 Å². The molecule has 3 aromatic rings. The molecule has 2 aliphatic rings. The monoisotopic (exact) mass is 584 g/mol. The van der Waals surface area contributed by atoms with Crippen LogP contribution in [0.25, 0.3) is 10.9 Å². The van der Waals surface area contributed by atoms with Crippen molar-refractivity contribution in [2.75, 3.05) is 22.5 Å². The third-order valence-corrected chi connectivity index (χ3v) is 7.96. The van der Waals surface area contributed by atoms with Gasteiger partial charge in [-0.2, -0.15) is 13.2 Å². The van der Waals surface area contributed by atoms with E-state index in [4.69, 9.17) is 10.5 Å². The Labute approximate surface area is 244 Å². The fourth-order valence-electron chi connectivity index (χ4n) is 6.03. The summed E-state index contributed by atoms with van der Waals surface area (Å²) in [6.45, 7) is 10.1. The molecule has 1 amide bonds. The first-order valence-electron chi connectivity index (χ1n) is 14.5. The summed E-state index contributed by atoms with van der Waals surface area (Å²) in [6.07, 6.45) is -0.319. The van der Waals surface area contributed by atoms with Crippen molar-refractivity contribution < 1.29 is 22.7 Å². The first-order valence-corrected chi connectivity index (χ1v) is 14.5. The van der Waals surface area contributed by atoms with Gasteiger partial charge in [0.05, 0.1) is 17.1 Å². The summed E-state index contributed by atoms with van der Waals surface area (Å²) < 4.78 is 45.7. The Bertz CT molecular complexity index is 1480. The molecule has 1 fully saturated rings. The van der Waals surface area contributed by atoms with Gasteiger partial charge in [0, 0.05) is 35.4 Å². The van der Waals surface area contributed by atoms with E-state index in [1.807, 2.05) is 20.8 Å². The molecule has 1 saturated carbocycles. The molecule has 1 atom stereocenters. The van der Waals surface area contributed by atoms with Gasteiger partial charge in [-0.25, -0.2) is 14.8 Å². The molecule has 1 aromatic heterocycles. The maximum Gasteiger partial charge on any atom is 0.416 e. The predicted molar refractivity (Wildman–Crippen MR) is 159 cm³/mol. The van der Waals surface area contributed by atoms with Crippen molar-refractivity contribution in [3.05, 3.63) is 52.8 Å². The summed E-state index contributed by atoms with van der Waals surface area (Å²) in [7, 11) is 0. The highest BCUT2D eigenvalue weighted by molar-refractivity contribution is 5.93. The summed E-state index contributed by atoms with van der Waals surface area (Å²) in [5.74, 6) is 1.15. The standard InChI is InChI=1S/C31H39F3N6O2/c1-17(20-12-21(31(32,33)34)15-22(35)13-20)36-28-25-16-27-19(14-26(25)37-18(2)38-28)10-11-40(27)24-8-6-23(7-9-24)39-29(41)42-30(3,4)5/h12-17,23-24H,6-11,35H2,1-5H3,(H,39,41)(H,36,37,38). The Hall–Kier alpha value is -3.76. The second-order valence-corrected chi connectivity index (χ2v) is 12.5. The highest BCUT2D eigenvalue weighted by Gasteiger charge is 2.33. The van der Waals surface area contributed by atoms with Gasteiger partial charge in [-0.1, -0.05) is 0 Å². The van der Waals surface area contributed by atoms with Crippen molar-refractivity contribution in [1.29, 1.82) is 0 Å². The maximum atomic E-state index is 13.4. The minimum Gasteiger partial charge on any atom is -0.444 e. The molecule has 42 heavy (non-hydrogen) atoms. The number of rotatable bonds is 5. The third kappa shape index (κ3) is 6.65. The molecule has 5 rings (SSSR count). The van der Waals surface area contributed by atoms with E-state index in [9.17, 15) is 18.0 Å². The van der Waals surface area contributed by atoms with Crippen molar-refractivity contribution in [1.82, 2.24) is 15.3 Å². The van der Waals surface area contributed by atoms with Crippen LogP contribution < -0.4 is 21.3 Å². The molecule has 1 aliphatic carbocycles. The van der Waals surface area contributed by atoms with Crippen molar-refractivity contribution in [2.24, 2.45) is 0 Å². The van der Waals surface area contributed by atoms with Crippen LogP contribution in [0, 0.1) is 6.92 Å². The number of alkyl halides is 3. The number of nitrogens with one attached hydrogen (secondary N) is 2. The zero-order valence-electron chi connectivity index (χ0n) is 24.7. The van der Waals surface area contributed by atoms with Gasteiger partial charge in [0.15, 0.2) is 0 Å². The maximum absolute atomic E-state index is 13.4. The smallest absolute Gasteiger partial charge is 0.416 e. The minimum absolute atomic E-state index is 0.0571. The fourth-order valence-corrected chi connectivity index (χ4v) is 6.03. The number of aryl methyl sites for hydroxylation is 1. The van der Waals surface area contributed by atoms with Crippen LogP contribution in [-0.2, 0) is 17.3 Å². The van der Waals surface area contributed by atoms with Crippen molar-refractivity contribution in [3.63, 3.8) is 0 Å². The van der Waals surface area contributed by atoms with E-state index in [0.29, 0.717) is 23.2 Å². The summed E-state index contributed by atoms with van der Waals surface area (Å²) in [6, 6.07) is 7.78. The fraction of sp³-hybridized carbons (Fsp3) is 0.516. The quantitative estimate of drug-likeness (QED) is 0.280. The largest absolute Gasteiger partial charge is 0.444 e. The van der Waals surface area contributed by atoms with Crippen LogP contribution in [0.3, 0.4) is 0 Å². The molecular formula is C31H39F3N6O2. The van der Waals surface area contributed by atoms with Crippen LogP contribution in [0.1, 0.15) is 81.9 Å². The second-order valence-electron chi connectivity index (χ2n) is 12.5. The lowest BCUT2D eigenvalue weighted by molar-refractivity contribution is -0.137. The van der Waals surface area contributed by atoms with E-state index < -0.39 is 23.4 Å². The summed E-state index contributed by atoms with van der Waals surface area (Å²) in [5.41, 5.74) is 8.15. The van der Waals surface area contributed by atoms with E-state index in [0.717, 1.165) is 67.4 Å². The number of fused-ring (bicyclic) bond motifs is 2. The molecule has 11 heteroatoms. The van der Waals surface area contributed by atoms with Gasteiger partial charge in [0.2, 0.25) is 0 Å². The number of nitrogens with zero attached hydrogens (tertiary/aromatic N) is 3. The van der Waals surface area contributed by atoms with Crippen LogP contribution >= 0.6 is 0 Å². The average molecular weight is 585 g/mol. The Morgan fingerprint density at radius 1 is 1.07 bits per heavy atom. The van der Waals surface area contributed by atoms with Crippen LogP contribution in [0.5, 0.6) is 0 Å². The topological polar surface area (TPSA) is 105 Å². The number of alkyl carbamates (subject to hydrolysis) is 1. The van der Waals surface area contributed by atoms with Gasteiger partial charge in [0.1, 0.15) is 17.2 Å². The molecule has 0 spiro atoms. The summed E-state index contributed by atoms with van der Waals surface area (Å²) >= 11 is 0. The van der Waals surface area contributed by atoms with Gasteiger partial charge in [0.25, 0.3) is 0 Å². The highest BCUT2D eigenvalue weighted by Crippen LogP contribution is 2.39. The van der Waals surface area contributed by atoms with E-state index in [1.165, 1.54) is 5.56 Å². The lowest BCUT2D eigenvalue weighted by atomic mass is 9.90. The van der Waals surface area contributed by atoms with Gasteiger partial charge in [-0.15, -0.1) is 0 Å². The first kappa shape index (κ1) is 29.7. The second kappa shape index (κ2) is 11.1. The number of nitrogens with two attached hydrogens (primary N) is 1. The Kier molecular flexibility index (Phi) is 7.89. The predicted octanol–water partition coefficient (Wildman–Crippen LogP) is 6.91. The number of anilines is 3. The molecule has 1 aliphatic heterocycles. The molecule has 0 saturated heterocycles. The van der Waals surface area contributed by atoms with E-state index in [2.05, 4.69) is 37.6 Å². The first-order chi connectivity index (χ1) is 19.7. The number of nitrogen functional groups attached to an aromatic ring is 1. The lowest BCUT2D eigenvalue weighted by Crippen LogP contribution is -2.45. The molecule has 1 unspecified atom stereocenters. The number of carbonyl (C=O) groups excluding carboxylic acids is 1. The number of amides is 1. The van der Waals surface area contributed by atoms with Crippen molar-refractivity contribution >= 4 is 34.2 Å². The number of halogens is 3. The Morgan fingerprint density at radius 3 is 2.45 bits per heavy atom. The Balaban J connectivity index is 1.35. The van der Waals surface area contributed by atoms with Crippen LogP contribution in [0.15, 0.2) is 30.3 Å². The minimum atomic E-state index is -4.49. The molecule has 4 N–H and O–H groups in total. The molecule has 8 nitrogen and oxygen atoms in total. The molecule has 226 valence electrons. The third-order valence-electron chi connectivity index (χ3n) is 7.96. The number of benzene rings is 2. The lowest BCUT2D eigenvalue weighted by Gasteiger charge is -2.36. The van der Waals surface area contributed by atoms with Gasteiger partial charge >= 0.3 is 12.3 Å². The molecule has 2 heterocycles. The molecular weight excluding hydrogens is 545 g/mol. The molecule has 0 bridgehead atoms. The average Bonchev–Trinajstić information content (AvgIpc) is 3.28. The van der Waals surface area contributed by atoms with Crippen molar-refractivity contribution in [3.8, 4) is 0 Å². The number of aromatic nitrogens is 2. The highest BCUT2D eigenvalue weighted by atomic mass is 19.4. The molecule has 2 aromatic carbocycles. The normalized spacial score (nSPS) is 19.9. The summed E-state index contributed by atoms with van der Waals surface area (Å²) in [4.78, 5) is 24.0. The van der Waals surface area contributed by atoms with Gasteiger partial charge in [-0.3, -0.25) is 0 Å². The number of hydrogen-bond donors (Lipinski definition) is 3. The van der Waals surface area contributed by atoms with E-state index in [1.54, 1.807) is 19.9 Å². The zero-order chi connectivity index (χ0) is 30.4. The van der Waals surface area contributed by atoms with Crippen molar-refractivity contribution in [2.45, 2.75) is 96.6 Å². The number of carbonyl (C=O) groups is 1. The van der Waals surface area contributed by atoms with Gasteiger partial charge < -0.3 is 26.0 Å². The van der Waals surface area contributed by atoms with Crippen LogP contribution in [0.4, 0.5) is 35.2 Å². The Morgan fingerprint density at radius 2 is 1.79 bits per heavy atom. The zero-order valence-corrected chi connectivity index (χ0v) is 24.7. The molecule has 0 radical (unpaired) electrons. The van der Waals surface area contributed by atoms with Crippen LogP contribution in [0.2, 0.25) is 0 Å². The summed E-state index contributed by atoms with van der Waals surface area (Å²) in [5, 5.41) is 7.16. The van der Waals surface area contributed by atoms with E-state index in [-0.39, 0.29) is 17.8 Å². The SMILES string of the molecule is Cc1nc(NC(C)c2cc(N)cc(C(F)(F)F)c2)c2cc3c(cc2n1)CCN3C1CCC(NC(=O)OC(C)(C)C)CC1. The van der Waals surface area contributed by atoms with Gasteiger partial charge in [-0.05, 0) is 108 Å². The number of ether oxygens (including phenoxy) is 1. The van der Waals surface area contributed by atoms with Crippen LogP contribution in [-0.4, -0.2) is 40.3 Å². The number of hydrogen-bond acceptors (Lipinski definition) is 7.